The standard InChI is InChI=1S/C8H9BrF2N2O/c9-3-1-4(10)7(11)8(14)6(3)5(13)2-12/h1,5,14H,2,12-13H2/t5-/m1/s1. The molecule has 14 heavy (non-hydrogen) atoms. The van der Waals surface area contributed by atoms with Gasteiger partial charge in [0, 0.05) is 22.6 Å². The molecular formula is C8H9BrF2N2O. The first-order valence-corrected chi connectivity index (χ1v) is 4.60. The van der Waals surface area contributed by atoms with E-state index in [1.54, 1.807) is 0 Å². The molecule has 0 aromatic heterocycles. The quantitative estimate of drug-likeness (QED) is 0.709. The largest absolute Gasteiger partial charge is 0.504 e. The van der Waals surface area contributed by atoms with Crippen molar-refractivity contribution in [2.75, 3.05) is 6.54 Å². The molecule has 6 heteroatoms. The summed E-state index contributed by atoms with van der Waals surface area (Å²) < 4.78 is 25.9. The van der Waals surface area contributed by atoms with Crippen LogP contribution < -0.4 is 11.5 Å². The van der Waals surface area contributed by atoms with Crippen molar-refractivity contribution in [3.8, 4) is 5.75 Å². The molecule has 0 heterocycles. The van der Waals surface area contributed by atoms with Gasteiger partial charge >= 0.3 is 0 Å². The van der Waals surface area contributed by atoms with Crippen LogP contribution in [0.2, 0.25) is 0 Å². The molecule has 0 unspecified atom stereocenters. The predicted octanol–water partition coefficient (Wildman–Crippen LogP) is 1.39. The van der Waals surface area contributed by atoms with Gasteiger partial charge in [-0.3, -0.25) is 0 Å². The Morgan fingerprint density at radius 2 is 2.07 bits per heavy atom. The lowest BCUT2D eigenvalue weighted by Crippen LogP contribution is -2.21. The van der Waals surface area contributed by atoms with E-state index in [0.29, 0.717) is 0 Å². The molecule has 0 saturated carbocycles. The molecule has 0 spiro atoms. The number of phenolic OH excluding ortho intramolecular Hbond substituents is 1. The third kappa shape index (κ3) is 1.87. The fourth-order valence-electron chi connectivity index (χ4n) is 1.07. The molecule has 0 aliphatic heterocycles. The van der Waals surface area contributed by atoms with E-state index in [4.69, 9.17) is 11.5 Å². The van der Waals surface area contributed by atoms with Gasteiger partial charge in [0.25, 0.3) is 0 Å². The van der Waals surface area contributed by atoms with E-state index in [2.05, 4.69) is 15.9 Å². The Labute approximate surface area is 87.8 Å². The lowest BCUT2D eigenvalue weighted by Gasteiger charge is -2.14. The fourth-order valence-corrected chi connectivity index (χ4v) is 1.75. The number of hydrogen-bond acceptors (Lipinski definition) is 3. The van der Waals surface area contributed by atoms with Crippen LogP contribution in [0.5, 0.6) is 5.75 Å². The number of nitrogens with two attached hydrogens (primary N) is 2. The van der Waals surface area contributed by atoms with E-state index in [1.807, 2.05) is 0 Å². The highest BCUT2D eigenvalue weighted by atomic mass is 79.9. The van der Waals surface area contributed by atoms with E-state index >= 15 is 0 Å². The number of hydrogen-bond donors (Lipinski definition) is 3. The predicted molar refractivity (Wildman–Crippen MR) is 51.7 cm³/mol. The Hall–Kier alpha value is -0.720. The average Bonchev–Trinajstić information content (AvgIpc) is 2.14. The van der Waals surface area contributed by atoms with Crippen LogP contribution in [0.25, 0.3) is 0 Å². The van der Waals surface area contributed by atoms with Crippen molar-refractivity contribution in [2.24, 2.45) is 11.5 Å². The van der Waals surface area contributed by atoms with E-state index < -0.39 is 23.4 Å². The van der Waals surface area contributed by atoms with Gasteiger partial charge in [-0.25, -0.2) is 4.39 Å². The van der Waals surface area contributed by atoms with Gasteiger partial charge in [0.05, 0.1) is 0 Å². The molecule has 78 valence electrons. The van der Waals surface area contributed by atoms with Gasteiger partial charge in [-0.2, -0.15) is 4.39 Å². The minimum absolute atomic E-state index is 0.0250. The molecule has 1 atom stereocenters. The number of halogens is 3. The highest BCUT2D eigenvalue weighted by Gasteiger charge is 2.20. The van der Waals surface area contributed by atoms with Crippen LogP contribution in [0.1, 0.15) is 11.6 Å². The summed E-state index contributed by atoms with van der Waals surface area (Å²) in [6.45, 7) is 0.0250. The summed E-state index contributed by atoms with van der Waals surface area (Å²) in [7, 11) is 0. The SMILES string of the molecule is NC[C@@H](N)c1c(Br)cc(F)c(F)c1O. The van der Waals surface area contributed by atoms with Crippen LogP contribution in [0, 0.1) is 11.6 Å². The van der Waals surface area contributed by atoms with Gasteiger partial charge in [0.2, 0.25) is 5.82 Å². The first kappa shape index (κ1) is 11.4. The zero-order chi connectivity index (χ0) is 10.9. The molecule has 1 aromatic carbocycles. The Kier molecular flexibility index (Phi) is 3.41. The smallest absolute Gasteiger partial charge is 0.200 e. The minimum atomic E-state index is -1.31. The van der Waals surface area contributed by atoms with Gasteiger partial charge in [-0.1, -0.05) is 15.9 Å². The highest BCUT2D eigenvalue weighted by molar-refractivity contribution is 9.10. The normalized spacial score (nSPS) is 12.9. The van der Waals surface area contributed by atoms with Gasteiger partial charge in [0.15, 0.2) is 11.6 Å². The summed E-state index contributed by atoms with van der Waals surface area (Å²) in [5, 5.41) is 9.28. The maximum absolute atomic E-state index is 12.9. The molecule has 0 aliphatic rings. The molecule has 0 amide bonds. The molecule has 5 N–H and O–H groups in total. The van der Waals surface area contributed by atoms with Crippen LogP contribution >= 0.6 is 15.9 Å². The zero-order valence-corrected chi connectivity index (χ0v) is 8.68. The molecule has 1 rings (SSSR count). The monoisotopic (exact) mass is 266 g/mol. The second kappa shape index (κ2) is 4.20. The highest BCUT2D eigenvalue weighted by Crippen LogP contribution is 2.34. The van der Waals surface area contributed by atoms with E-state index in [0.717, 1.165) is 6.07 Å². The Bertz CT molecular complexity index is 360. The van der Waals surface area contributed by atoms with Gasteiger partial charge < -0.3 is 16.6 Å². The van der Waals surface area contributed by atoms with Crippen molar-refractivity contribution in [3.63, 3.8) is 0 Å². The summed E-state index contributed by atoms with van der Waals surface area (Å²) >= 11 is 2.97. The Morgan fingerprint density at radius 1 is 1.50 bits per heavy atom. The molecule has 0 fully saturated rings. The van der Waals surface area contributed by atoms with Crippen LogP contribution in [-0.2, 0) is 0 Å². The maximum Gasteiger partial charge on any atom is 0.200 e. The van der Waals surface area contributed by atoms with Crippen LogP contribution in [0.3, 0.4) is 0 Å². The van der Waals surface area contributed by atoms with E-state index in [9.17, 15) is 13.9 Å². The first-order chi connectivity index (χ1) is 6.49. The topological polar surface area (TPSA) is 72.3 Å². The summed E-state index contributed by atoms with van der Waals surface area (Å²) in [6.07, 6.45) is 0. The third-order valence-corrected chi connectivity index (χ3v) is 2.46. The minimum Gasteiger partial charge on any atom is -0.504 e. The molecule has 0 bridgehead atoms. The maximum atomic E-state index is 12.9. The van der Waals surface area contributed by atoms with Crippen LogP contribution in [-0.4, -0.2) is 11.7 Å². The lowest BCUT2D eigenvalue weighted by molar-refractivity contribution is 0.396. The number of phenols is 1. The average molecular weight is 267 g/mol. The van der Waals surface area contributed by atoms with Gasteiger partial charge in [-0.15, -0.1) is 0 Å². The summed E-state index contributed by atoms with van der Waals surface area (Å²) in [6, 6.07) is 0.166. The number of benzene rings is 1. The van der Waals surface area contributed by atoms with Crippen molar-refractivity contribution in [1.29, 1.82) is 0 Å². The second-order valence-corrected chi connectivity index (χ2v) is 3.61. The Morgan fingerprint density at radius 3 is 2.57 bits per heavy atom. The van der Waals surface area contributed by atoms with Gasteiger partial charge in [0.1, 0.15) is 0 Å². The van der Waals surface area contributed by atoms with E-state index in [-0.39, 0.29) is 16.6 Å². The summed E-state index contributed by atoms with van der Waals surface area (Å²) in [5.41, 5.74) is 10.8. The van der Waals surface area contributed by atoms with Crippen molar-refractivity contribution in [1.82, 2.24) is 0 Å². The van der Waals surface area contributed by atoms with Crippen LogP contribution in [0.15, 0.2) is 10.5 Å². The fraction of sp³-hybridized carbons (Fsp3) is 0.250. The first-order valence-electron chi connectivity index (χ1n) is 3.81. The third-order valence-electron chi connectivity index (χ3n) is 1.81. The molecule has 0 radical (unpaired) electrons. The van der Waals surface area contributed by atoms with Crippen molar-refractivity contribution in [3.05, 3.63) is 27.7 Å². The Balaban J connectivity index is 3.36. The summed E-state index contributed by atoms with van der Waals surface area (Å²) in [5.74, 6) is -3.25. The van der Waals surface area contributed by atoms with Crippen molar-refractivity contribution < 1.29 is 13.9 Å². The number of rotatable bonds is 2. The van der Waals surface area contributed by atoms with Crippen molar-refractivity contribution >= 4 is 15.9 Å². The molecule has 1 aromatic rings. The zero-order valence-electron chi connectivity index (χ0n) is 7.10. The molecule has 0 saturated heterocycles. The van der Waals surface area contributed by atoms with Crippen molar-refractivity contribution in [2.45, 2.75) is 6.04 Å². The lowest BCUT2D eigenvalue weighted by atomic mass is 10.1. The molecular weight excluding hydrogens is 258 g/mol. The molecule has 3 nitrogen and oxygen atoms in total. The molecule has 0 aliphatic carbocycles. The number of aromatic hydroxyl groups is 1. The van der Waals surface area contributed by atoms with E-state index in [1.165, 1.54) is 0 Å². The second-order valence-electron chi connectivity index (χ2n) is 2.76. The van der Waals surface area contributed by atoms with Gasteiger partial charge in [-0.05, 0) is 6.07 Å². The summed E-state index contributed by atoms with van der Waals surface area (Å²) in [4.78, 5) is 0. The van der Waals surface area contributed by atoms with Crippen LogP contribution in [0.4, 0.5) is 8.78 Å².